The summed E-state index contributed by atoms with van der Waals surface area (Å²) in [6.45, 7) is 8.12. The molecule has 0 aliphatic heterocycles. The summed E-state index contributed by atoms with van der Waals surface area (Å²) in [6.07, 6.45) is 1.12. The average Bonchev–Trinajstić information content (AvgIpc) is 2.84. The lowest BCUT2D eigenvalue weighted by Crippen LogP contribution is -2.15. The van der Waals surface area contributed by atoms with Crippen LogP contribution in [-0.4, -0.2) is 21.5 Å². The Morgan fingerprint density at radius 1 is 1.15 bits per heavy atom. The third-order valence-corrected chi connectivity index (χ3v) is 2.93. The molecule has 1 aromatic carbocycles. The van der Waals surface area contributed by atoms with Crippen molar-refractivity contribution >= 4 is 12.4 Å². The fourth-order valence-electron chi connectivity index (χ4n) is 1.91. The van der Waals surface area contributed by atoms with Gasteiger partial charge in [0.05, 0.1) is 6.04 Å². The number of rotatable bonds is 6. The Kier molecular flexibility index (Phi) is 6.68. The number of benzene rings is 1. The van der Waals surface area contributed by atoms with Crippen molar-refractivity contribution in [3.63, 3.8) is 0 Å². The molecule has 0 amide bonds. The predicted molar refractivity (Wildman–Crippen MR) is 85.1 cm³/mol. The minimum absolute atomic E-state index is 0. The van der Waals surface area contributed by atoms with Gasteiger partial charge in [-0.1, -0.05) is 37.3 Å². The Hall–Kier alpha value is -1.39. The summed E-state index contributed by atoms with van der Waals surface area (Å²) in [6, 6.07) is 10.5. The van der Waals surface area contributed by atoms with Crippen LogP contribution in [0.15, 0.2) is 30.3 Å². The molecule has 0 radical (unpaired) electrons. The van der Waals surface area contributed by atoms with Crippen LogP contribution in [0.4, 0.5) is 0 Å². The van der Waals surface area contributed by atoms with Gasteiger partial charge in [-0.15, -0.1) is 12.4 Å². The second-order valence-electron chi connectivity index (χ2n) is 4.95. The molecule has 0 spiro atoms. The van der Waals surface area contributed by atoms with Gasteiger partial charge in [0.25, 0.3) is 0 Å². The largest absolute Gasteiger partial charge is 0.311 e. The van der Waals surface area contributed by atoms with Crippen LogP contribution in [0.1, 0.15) is 38.9 Å². The molecule has 0 aliphatic rings. The maximum atomic E-state index is 4.62. The first-order chi connectivity index (χ1) is 9.22. The molecule has 0 saturated carbocycles. The fourth-order valence-corrected chi connectivity index (χ4v) is 1.91. The van der Waals surface area contributed by atoms with Gasteiger partial charge < -0.3 is 5.32 Å². The van der Waals surface area contributed by atoms with Gasteiger partial charge in [0.1, 0.15) is 11.4 Å². The summed E-state index contributed by atoms with van der Waals surface area (Å²) in [5.74, 6) is 0. The predicted octanol–water partition coefficient (Wildman–Crippen LogP) is 3.45. The Morgan fingerprint density at radius 3 is 2.45 bits per heavy atom. The van der Waals surface area contributed by atoms with Crippen LogP contribution in [0.5, 0.6) is 0 Å². The van der Waals surface area contributed by atoms with Crippen LogP contribution < -0.4 is 5.32 Å². The molecule has 0 bridgehead atoms. The van der Waals surface area contributed by atoms with Crippen LogP contribution in [0, 0.1) is 0 Å². The molecule has 110 valence electrons. The molecule has 4 nitrogen and oxygen atoms in total. The lowest BCUT2D eigenvalue weighted by Gasteiger charge is -2.02. The standard InChI is InChI=1S/C15H22N4.ClH/c1-4-10-16-11-14-15(13-8-6-5-7-9-13)18-19(17-14)12(2)3;/h5-9,12,16H,4,10-11H2,1-3H3;1H. The summed E-state index contributed by atoms with van der Waals surface area (Å²) in [5, 5.41) is 12.6. The van der Waals surface area contributed by atoms with Gasteiger partial charge in [-0.05, 0) is 26.8 Å². The first-order valence-corrected chi connectivity index (χ1v) is 6.94. The smallest absolute Gasteiger partial charge is 0.117 e. The average molecular weight is 295 g/mol. The van der Waals surface area contributed by atoms with Crippen LogP contribution in [0.2, 0.25) is 0 Å². The highest BCUT2D eigenvalue weighted by Gasteiger charge is 2.13. The second kappa shape index (κ2) is 8.02. The van der Waals surface area contributed by atoms with Gasteiger partial charge >= 0.3 is 0 Å². The molecule has 5 heteroatoms. The number of halogens is 1. The minimum atomic E-state index is 0. The summed E-state index contributed by atoms with van der Waals surface area (Å²) < 4.78 is 0. The van der Waals surface area contributed by atoms with E-state index in [-0.39, 0.29) is 18.4 Å². The lowest BCUT2D eigenvalue weighted by atomic mass is 10.1. The molecule has 2 aromatic rings. The van der Waals surface area contributed by atoms with E-state index in [9.17, 15) is 0 Å². The van der Waals surface area contributed by atoms with Crippen molar-refractivity contribution in [1.82, 2.24) is 20.3 Å². The SMILES string of the molecule is CCCNCc1nn(C(C)C)nc1-c1ccccc1.Cl. The van der Waals surface area contributed by atoms with E-state index in [1.807, 2.05) is 18.2 Å². The Bertz CT molecular complexity index is 508. The number of hydrogen-bond donors (Lipinski definition) is 1. The molecule has 0 saturated heterocycles. The molecule has 0 atom stereocenters. The van der Waals surface area contributed by atoms with Gasteiger partial charge in [0.2, 0.25) is 0 Å². The summed E-state index contributed by atoms with van der Waals surface area (Å²) in [5.41, 5.74) is 3.13. The Morgan fingerprint density at radius 2 is 1.85 bits per heavy atom. The normalized spacial score (nSPS) is 10.6. The molecular formula is C15H23ClN4. The number of nitrogens with one attached hydrogen (secondary N) is 1. The van der Waals surface area contributed by atoms with Crippen molar-refractivity contribution in [3.8, 4) is 11.3 Å². The maximum absolute atomic E-state index is 4.62. The van der Waals surface area contributed by atoms with E-state index >= 15 is 0 Å². The summed E-state index contributed by atoms with van der Waals surface area (Å²) in [4.78, 5) is 1.80. The fraction of sp³-hybridized carbons (Fsp3) is 0.467. The molecular weight excluding hydrogens is 272 g/mol. The van der Waals surface area contributed by atoms with E-state index in [1.165, 1.54) is 0 Å². The van der Waals surface area contributed by atoms with Crippen LogP contribution >= 0.6 is 12.4 Å². The molecule has 20 heavy (non-hydrogen) atoms. The number of hydrogen-bond acceptors (Lipinski definition) is 3. The third-order valence-electron chi connectivity index (χ3n) is 2.93. The topological polar surface area (TPSA) is 42.7 Å². The van der Waals surface area contributed by atoms with Gasteiger partial charge in [-0.25, -0.2) is 0 Å². The van der Waals surface area contributed by atoms with Crippen molar-refractivity contribution in [3.05, 3.63) is 36.0 Å². The van der Waals surface area contributed by atoms with Crippen molar-refractivity contribution < 1.29 is 0 Å². The van der Waals surface area contributed by atoms with Gasteiger partial charge in [0, 0.05) is 12.1 Å². The van der Waals surface area contributed by atoms with Crippen molar-refractivity contribution in [2.24, 2.45) is 0 Å². The monoisotopic (exact) mass is 294 g/mol. The molecule has 2 rings (SSSR count). The van der Waals surface area contributed by atoms with Crippen molar-refractivity contribution in [1.29, 1.82) is 0 Å². The highest BCUT2D eigenvalue weighted by molar-refractivity contribution is 5.85. The zero-order valence-corrected chi connectivity index (χ0v) is 13.2. The first-order valence-electron chi connectivity index (χ1n) is 6.94. The Labute approximate surface area is 127 Å². The summed E-state index contributed by atoms with van der Waals surface area (Å²) in [7, 11) is 0. The van der Waals surface area contributed by atoms with Gasteiger partial charge in [-0.3, -0.25) is 0 Å². The molecule has 0 aliphatic carbocycles. The lowest BCUT2D eigenvalue weighted by molar-refractivity contribution is 0.461. The highest BCUT2D eigenvalue weighted by atomic mass is 35.5. The quantitative estimate of drug-likeness (QED) is 0.830. The number of aromatic nitrogens is 3. The van der Waals surface area contributed by atoms with E-state index < -0.39 is 0 Å². The maximum Gasteiger partial charge on any atom is 0.117 e. The molecule has 1 N–H and O–H groups in total. The van der Waals surface area contributed by atoms with E-state index in [0.717, 1.165) is 36.5 Å². The first kappa shape index (κ1) is 16.7. The Balaban J connectivity index is 0.00000200. The number of nitrogens with zero attached hydrogens (tertiary/aromatic N) is 3. The van der Waals surface area contributed by atoms with Gasteiger partial charge in [-0.2, -0.15) is 15.0 Å². The van der Waals surface area contributed by atoms with Crippen LogP contribution in [0.3, 0.4) is 0 Å². The van der Waals surface area contributed by atoms with E-state index in [1.54, 1.807) is 4.80 Å². The zero-order chi connectivity index (χ0) is 13.7. The van der Waals surface area contributed by atoms with Crippen LogP contribution in [-0.2, 0) is 6.54 Å². The van der Waals surface area contributed by atoms with E-state index in [2.05, 4.69) is 48.4 Å². The third kappa shape index (κ3) is 4.05. The molecule has 0 unspecified atom stereocenters. The van der Waals surface area contributed by atoms with E-state index in [0.29, 0.717) is 0 Å². The second-order valence-corrected chi connectivity index (χ2v) is 4.95. The summed E-state index contributed by atoms with van der Waals surface area (Å²) >= 11 is 0. The molecule has 1 aromatic heterocycles. The van der Waals surface area contributed by atoms with Gasteiger partial charge in [0.15, 0.2) is 0 Å². The highest BCUT2D eigenvalue weighted by Crippen LogP contribution is 2.21. The van der Waals surface area contributed by atoms with Crippen molar-refractivity contribution in [2.45, 2.75) is 39.8 Å². The molecule has 1 heterocycles. The van der Waals surface area contributed by atoms with E-state index in [4.69, 9.17) is 0 Å². The minimum Gasteiger partial charge on any atom is -0.311 e. The van der Waals surface area contributed by atoms with Crippen LogP contribution in [0.25, 0.3) is 11.3 Å². The zero-order valence-electron chi connectivity index (χ0n) is 12.3. The van der Waals surface area contributed by atoms with Crippen molar-refractivity contribution in [2.75, 3.05) is 6.54 Å². The molecule has 0 fully saturated rings.